The van der Waals surface area contributed by atoms with Gasteiger partial charge in [-0.1, -0.05) is 65.7 Å². The zero-order valence-electron chi connectivity index (χ0n) is 16.4. The monoisotopic (exact) mass is 428 g/mol. The minimum absolute atomic E-state index is 0.0451. The lowest BCUT2D eigenvalue weighted by molar-refractivity contribution is -0.143. The van der Waals surface area contributed by atoms with E-state index < -0.39 is 0 Å². The molecule has 6 heteroatoms. The van der Waals surface area contributed by atoms with Crippen molar-refractivity contribution >= 4 is 34.9 Å². The predicted molar refractivity (Wildman–Crippen MR) is 115 cm³/mol. The Morgan fingerprint density at radius 1 is 0.931 bits per heavy atom. The van der Waals surface area contributed by atoms with Crippen LogP contribution in [0.3, 0.4) is 0 Å². The van der Waals surface area contributed by atoms with Gasteiger partial charge in [-0.3, -0.25) is 9.59 Å². The van der Waals surface area contributed by atoms with E-state index in [4.69, 9.17) is 23.2 Å². The van der Waals surface area contributed by atoms with Crippen LogP contribution in [0.4, 0.5) is 0 Å². The Balaban J connectivity index is 1.85. The van der Waals surface area contributed by atoms with Crippen LogP contribution in [0.5, 0.6) is 0 Å². The van der Waals surface area contributed by atoms with Crippen LogP contribution in [0, 0.1) is 0 Å². The van der Waals surface area contributed by atoms with E-state index in [0.717, 1.165) is 16.8 Å². The minimum Gasteiger partial charge on any atom is -0.294 e. The van der Waals surface area contributed by atoms with Crippen molar-refractivity contribution in [1.82, 2.24) is 10.0 Å². The number of rotatable bonds is 3. The molecule has 2 aliphatic rings. The number of amides is 1. The van der Waals surface area contributed by atoms with Gasteiger partial charge < -0.3 is 0 Å². The molecule has 150 valence electrons. The molecule has 0 spiro atoms. The average molecular weight is 429 g/mol. The Labute approximate surface area is 180 Å². The van der Waals surface area contributed by atoms with Crippen LogP contribution in [0.25, 0.3) is 0 Å². The lowest BCUT2D eigenvalue weighted by Gasteiger charge is -2.42. The standard InChI is InChI=1S/C23H22Cl2N2O2/c1-26(2)27-19-11-15(14-7-4-3-5-8-14)12-20(28)22(19)17(13-21(27)29)16-9-6-10-18(24)23(16)25/h3-10,15,17H,11-13H2,1-2H3. The molecule has 0 aromatic heterocycles. The van der Waals surface area contributed by atoms with Gasteiger partial charge in [0.15, 0.2) is 5.78 Å². The topological polar surface area (TPSA) is 40.6 Å². The molecular formula is C23H22Cl2N2O2. The molecule has 0 saturated carbocycles. The van der Waals surface area contributed by atoms with Gasteiger partial charge in [-0.2, -0.15) is 0 Å². The van der Waals surface area contributed by atoms with Gasteiger partial charge >= 0.3 is 0 Å². The van der Waals surface area contributed by atoms with Gasteiger partial charge in [-0.15, -0.1) is 0 Å². The Morgan fingerprint density at radius 2 is 1.66 bits per heavy atom. The van der Waals surface area contributed by atoms with Gasteiger partial charge in [-0.25, -0.2) is 10.0 Å². The fourth-order valence-electron chi connectivity index (χ4n) is 4.50. The summed E-state index contributed by atoms with van der Waals surface area (Å²) in [5.74, 6) is -0.299. The van der Waals surface area contributed by atoms with Crippen LogP contribution in [-0.4, -0.2) is 35.8 Å². The van der Waals surface area contributed by atoms with Gasteiger partial charge in [0, 0.05) is 44.1 Å². The van der Waals surface area contributed by atoms with Crippen LogP contribution < -0.4 is 0 Å². The molecule has 0 radical (unpaired) electrons. The average Bonchev–Trinajstić information content (AvgIpc) is 2.69. The zero-order chi connectivity index (χ0) is 20.7. The molecule has 0 bridgehead atoms. The van der Waals surface area contributed by atoms with E-state index in [1.807, 2.05) is 56.6 Å². The van der Waals surface area contributed by atoms with Gasteiger partial charge in [0.05, 0.1) is 10.0 Å². The molecule has 4 nitrogen and oxygen atoms in total. The number of Topliss-reactive ketones (excluding diaryl/α,β-unsaturated/α-hetero) is 1. The zero-order valence-corrected chi connectivity index (χ0v) is 17.9. The predicted octanol–water partition coefficient (Wildman–Crippen LogP) is 5.19. The van der Waals surface area contributed by atoms with E-state index in [9.17, 15) is 9.59 Å². The molecule has 1 heterocycles. The Kier molecular flexibility index (Phi) is 5.52. The van der Waals surface area contributed by atoms with Crippen LogP contribution in [0.1, 0.15) is 42.2 Å². The normalized spacial score (nSPS) is 22.3. The fraction of sp³-hybridized carbons (Fsp3) is 0.304. The highest BCUT2D eigenvalue weighted by molar-refractivity contribution is 6.42. The molecular weight excluding hydrogens is 407 g/mol. The number of hydrogen-bond donors (Lipinski definition) is 0. The number of nitrogens with zero attached hydrogens (tertiary/aromatic N) is 2. The third-order valence-electron chi connectivity index (χ3n) is 5.73. The first-order valence-corrected chi connectivity index (χ1v) is 10.4. The first kappa shape index (κ1) is 20.1. The van der Waals surface area contributed by atoms with Crippen LogP contribution in [-0.2, 0) is 9.59 Å². The largest absolute Gasteiger partial charge is 0.294 e. The summed E-state index contributed by atoms with van der Waals surface area (Å²) in [4.78, 5) is 26.5. The van der Waals surface area contributed by atoms with Crippen molar-refractivity contribution in [3.8, 4) is 0 Å². The molecule has 0 saturated heterocycles. The summed E-state index contributed by atoms with van der Waals surface area (Å²) in [6, 6.07) is 15.4. The van der Waals surface area contributed by atoms with Gasteiger partial charge in [-0.05, 0) is 29.5 Å². The highest BCUT2D eigenvalue weighted by atomic mass is 35.5. The lowest BCUT2D eigenvalue weighted by Crippen LogP contribution is -2.48. The number of halogens is 2. The highest BCUT2D eigenvalue weighted by Gasteiger charge is 2.43. The summed E-state index contributed by atoms with van der Waals surface area (Å²) in [7, 11) is 3.65. The Bertz CT molecular complexity index is 1000. The lowest BCUT2D eigenvalue weighted by atomic mass is 9.73. The molecule has 2 atom stereocenters. The van der Waals surface area contributed by atoms with Crippen molar-refractivity contribution in [2.24, 2.45) is 0 Å². The van der Waals surface area contributed by atoms with E-state index in [1.165, 1.54) is 0 Å². The summed E-state index contributed by atoms with van der Waals surface area (Å²) >= 11 is 12.7. The second-order valence-corrected chi connectivity index (χ2v) is 8.54. The number of ketones is 1. The van der Waals surface area contributed by atoms with Crippen molar-refractivity contribution in [3.05, 3.63) is 81.0 Å². The Morgan fingerprint density at radius 3 is 2.34 bits per heavy atom. The molecule has 1 aliphatic carbocycles. The molecule has 1 aliphatic heterocycles. The van der Waals surface area contributed by atoms with Gasteiger partial charge in [0.25, 0.3) is 0 Å². The number of carbonyl (C=O) groups excluding carboxylic acids is 2. The van der Waals surface area contributed by atoms with Crippen molar-refractivity contribution in [2.75, 3.05) is 14.1 Å². The summed E-state index contributed by atoms with van der Waals surface area (Å²) in [6.45, 7) is 0. The summed E-state index contributed by atoms with van der Waals surface area (Å²) < 4.78 is 0. The third-order valence-corrected chi connectivity index (χ3v) is 6.56. The van der Waals surface area contributed by atoms with E-state index >= 15 is 0 Å². The molecule has 0 N–H and O–H groups in total. The van der Waals surface area contributed by atoms with Crippen molar-refractivity contribution in [3.63, 3.8) is 0 Å². The Hall–Kier alpha value is -2.14. The SMILES string of the molecule is CN(C)N1C(=O)CC(c2cccc(Cl)c2Cl)C2=C1CC(c1ccccc1)CC2=O. The van der Waals surface area contributed by atoms with Gasteiger partial charge in [0.1, 0.15) is 0 Å². The second kappa shape index (κ2) is 7.94. The maximum atomic E-state index is 13.4. The summed E-state index contributed by atoms with van der Waals surface area (Å²) in [5.41, 5.74) is 3.32. The van der Waals surface area contributed by atoms with E-state index in [1.54, 1.807) is 16.1 Å². The summed E-state index contributed by atoms with van der Waals surface area (Å²) in [5, 5.41) is 4.25. The van der Waals surface area contributed by atoms with Crippen molar-refractivity contribution < 1.29 is 9.59 Å². The molecule has 2 aromatic carbocycles. The number of hydrazine groups is 1. The fourth-order valence-corrected chi connectivity index (χ4v) is 4.94. The van der Waals surface area contributed by atoms with Crippen molar-refractivity contribution in [1.29, 1.82) is 0 Å². The molecule has 4 rings (SSSR count). The van der Waals surface area contributed by atoms with Gasteiger partial charge in [0.2, 0.25) is 5.91 Å². The number of allylic oxidation sites excluding steroid dienone is 2. The molecule has 1 amide bonds. The number of hydrogen-bond acceptors (Lipinski definition) is 3. The minimum atomic E-state index is -0.371. The molecule has 0 fully saturated rings. The van der Waals surface area contributed by atoms with Crippen LogP contribution in [0.2, 0.25) is 10.0 Å². The highest BCUT2D eigenvalue weighted by Crippen LogP contribution is 2.47. The summed E-state index contributed by atoms with van der Waals surface area (Å²) in [6.07, 6.45) is 1.25. The number of benzene rings is 2. The van der Waals surface area contributed by atoms with E-state index in [-0.39, 0.29) is 29.9 Å². The first-order valence-electron chi connectivity index (χ1n) is 9.63. The smallest absolute Gasteiger partial charge is 0.242 e. The third kappa shape index (κ3) is 3.61. The van der Waals surface area contributed by atoms with E-state index in [2.05, 4.69) is 0 Å². The van der Waals surface area contributed by atoms with Crippen molar-refractivity contribution in [2.45, 2.75) is 31.1 Å². The first-order chi connectivity index (χ1) is 13.9. The van der Waals surface area contributed by atoms with Crippen LogP contribution >= 0.6 is 23.2 Å². The molecule has 2 unspecified atom stereocenters. The maximum Gasteiger partial charge on any atom is 0.242 e. The second-order valence-electron chi connectivity index (χ2n) is 7.75. The van der Waals surface area contributed by atoms with E-state index in [0.29, 0.717) is 28.5 Å². The number of carbonyl (C=O) groups is 2. The maximum absolute atomic E-state index is 13.4. The quantitative estimate of drug-likeness (QED) is 0.675. The molecule has 2 aromatic rings. The molecule has 29 heavy (non-hydrogen) atoms. The van der Waals surface area contributed by atoms with Crippen LogP contribution in [0.15, 0.2) is 59.8 Å².